The Labute approximate surface area is 131 Å². The number of nitrogens with zero attached hydrogens (tertiary/aromatic N) is 2. The summed E-state index contributed by atoms with van der Waals surface area (Å²) in [6.07, 6.45) is 0. The molecule has 0 saturated carbocycles. The molecule has 0 N–H and O–H groups in total. The highest BCUT2D eigenvalue weighted by Gasteiger charge is 2.33. The first-order valence-corrected chi connectivity index (χ1v) is 7.85. The highest BCUT2D eigenvalue weighted by molar-refractivity contribution is 9.11. The number of hydrogen-bond acceptors (Lipinski definition) is 2. The Morgan fingerprint density at radius 2 is 1.95 bits per heavy atom. The molecule has 0 unspecified atom stereocenters. The van der Waals surface area contributed by atoms with Gasteiger partial charge in [-0.05, 0) is 55.0 Å². The first-order chi connectivity index (χ1) is 8.81. The maximum atomic E-state index is 12.6. The van der Waals surface area contributed by atoms with Crippen LogP contribution in [-0.4, -0.2) is 47.9 Å². The fourth-order valence-electron chi connectivity index (χ4n) is 2.25. The van der Waals surface area contributed by atoms with Crippen molar-refractivity contribution in [3.63, 3.8) is 0 Å². The molecule has 2 rings (SSSR count). The van der Waals surface area contributed by atoms with Crippen molar-refractivity contribution < 1.29 is 4.79 Å². The number of benzene rings is 1. The third kappa shape index (κ3) is 3.20. The van der Waals surface area contributed by atoms with E-state index in [-0.39, 0.29) is 11.4 Å². The minimum atomic E-state index is 0.0202. The van der Waals surface area contributed by atoms with Crippen LogP contribution in [0.15, 0.2) is 27.1 Å². The van der Waals surface area contributed by atoms with E-state index in [1.54, 1.807) is 0 Å². The molecule has 1 aliphatic heterocycles. The van der Waals surface area contributed by atoms with E-state index in [2.05, 4.69) is 57.7 Å². The van der Waals surface area contributed by atoms with Crippen LogP contribution in [0.25, 0.3) is 0 Å². The van der Waals surface area contributed by atoms with Gasteiger partial charge in [-0.15, -0.1) is 0 Å². The van der Waals surface area contributed by atoms with Gasteiger partial charge in [0.05, 0.1) is 5.56 Å². The normalized spacial score (nSPS) is 19.5. The van der Waals surface area contributed by atoms with Gasteiger partial charge in [0, 0.05) is 34.1 Å². The zero-order valence-corrected chi connectivity index (χ0v) is 14.6. The molecule has 0 aromatic heterocycles. The molecule has 3 nitrogen and oxygen atoms in total. The molecule has 1 aromatic rings. The Hall–Kier alpha value is -0.390. The van der Waals surface area contributed by atoms with Crippen molar-refractivity contribution in [3.8, 4) is 0 Å². The first kappa shape index (κ1) is 15.0. The lowest BCUT2D eigenvalue weighted by atomic mass is 9.99. The predicted octanol–water partition coefficient (Wildman–Crippen LogP) is 3.38. The minimum absolute atomic E-state index is 0.0202. The van der Waals surface area contributed by atoms with E-state index in [0.717, 1.165) is 34.1 Å². The van der Waals surface area contributed by atoms with Crippen molar-refractivity contribution in [1.82, 2.24) is 9.80 Å². The summed E-state index contributed by atoms with van der Waals surface area (Å²) in [6.45, 7) is 6.77. The summed E-state index contributed by atoms with van der Waals surface area (Å²) in [5, 5.41) is 0. The number of carbonyl (C=O) groups excluding carboxylic acids is 1. The summed E-state index contributed by atoms with van der Waals surface area (Å²) < 4.78 is 1.77. The van der Waals surface area contributed by atoms with Gasteiger partial charge in [0.15, 0.2) is 0 Å². The van der Waals surface area contributed by atoms with Gasteiger partial charge in [0.25, 0.3) is 5.91 Å². The lowest BCUT2D eigenvalue weighted by Gasteiger charge is -2.45. The second kappa shape index (κ2) is 5.54. The number of amides is 1. The summed E-state index contributed by atoms with van der Waals surface area (Å²) >= 11 is 6.88. The second-order valence-corrected chi connectivity index (χ2v) is 7.35. The van der Waals surface area contributed by atoms with Crippen LogP contribution in [0.1, 0.15) is 24.2 Å². The van der Waals surface area contributed by atoms with Gasteiger partial charge in [-0.25, -0.2) is 0 Å². The van der Waals surface area contributed by atoms with E-state index in [4.69, 9.17) is 0 Å². The Kier molecular flexibility index (Phi) is 4.38. The Balaban J connectivity index is 2.23. The molecule has 104 valence electrons. The minimum Gasteiger partial charge on any atom is -0.335 e. The molecule has 0 radical (unpaired) electrons. The van der Waals surface area contributed by atoms with Crippen molar-refractivity contribution in [2.45, 2.75) is 19.4 Å². The molecule has 0 bridgehead atoms. The van der Waals surface area contributed by atoms with Gasteiger partial charge in [0.2, 0.25) is 0 Å². The van der Waals surface area contributed by atoms with Crippen LogP contribution in [0.5, 0.6) is 0 Å². The van der Waals surface area contributed by atoms with Crippen molar-refractivity contribution >= 4 is 37.8 Å². The van der Waals surface area contributed by atoms with Crippen molar-refractivity contribution in [2.75, 3.05) is 26.7 Å². The molecule has 0 aliphatic carbocycles. The van der Waals surface area contributed by atoms with E-state index in [1.807, 2.05) is 23.1 Å². The maximum Gasteiger partial charge on any atom is 0.255 e. The van der Waals surface area contributed by atoms with Crippen molar-refractivity contribution in [2.24, 2.45) is 0 Å². The molecule has 1 heterocycles. The molecule has 1 aromatic carbocycles. The SMILES string of the molecule is CN1CCN(C(=O)c2cc(Br)ccc2Br)CC1(C)C. The van der Waals surface area contributed by atoms with E-state index < -0.39 is 0 Å². The number of carbonyl (C=O) groups is 1. The molecule has 19 heavy (non-hydrogen) atoms. The van der Waals surface area contributed by atoms with Crippen LogP contribution in [-0.2, 0) is 0 Å². The van der Waals surface area contributed by atoms with Crippen LogP contribution in [0, 0.1) is 0 Å². The zero-order chi connectivity index (χ0) is 14.2. The van der Waals surface area contributed by atoms with Gasteiger partial charge >= 0.3 is 0 Å². The molecule has 5 heteroatoms. The molecule has 1 amide bonds. The van der Waals surface area contributed by atoms with Gasteiger partial charge in [-0.1, -0.05) is 15.9 Å². The molecule has 0 spiro atoms. The van der Waals surface area contributed by atoms with Gasteiger partial charge in [-0.2, -0.15) is 0 Å². The molecule has 1 saturated heterocycles. The van der Waals surface area contributed by atoms with Crippen LogP contribution >= 0.6 is 31.9 Å². The number of piperazine rings is 1. The van der Waals surface area contributed by atoms with Crippen LogP contribution in [0.4, 0.5) is 0 Å². The number of likely N-dealkylation sites (N-methyl/N-ethyl adjacent to an activating group) is 1. The maximum absolute atomic E-state index is 12.6. The van der Waals surface area contributed by atoms with Crippen molar-refractivity contribution in [1.29, 1.82) is 0 Å². The third-order valence-corrected chi connectivity index (χ3v) is 4.95. The molecule has 1 aliphatic rings. The van der Waals surface area contributed by atoms with Crippen molar-refractivity contribution in [3.05, 3.63) is 32.7 Å². The molecule has 0 atom stereocenters. The summed E-state index contributed by atoms with van der Waals surface area (Å²) in [6, 6.07) is 5.70. The standard InChI is InChI=1S/C14H18Br2N2O/c1-14(2)9-18(7-6-17(14)3)13(19)11-8-10(15)4-5-12(11)16/h4-5,8H,6-7,9H2,1-3H3. The van der Waals surface area contributed by atoms with Gasteiger partial charge in [0.1, 0.15) is 0 Å². The topological polar surface area (TPSA) is 23.6 Å². The fourth-order valence-corrected chi connectivity index (χ4v) is 3.02. The smallest absolute Gasteiger partial charge is 0.255 e. The molecular formula is C14H18Br2N2O. The number of halogens is 2. The third-order valence-electron chi connectivity index (χ3n) is 3.76. The molecule has 1 fully saturated rings. The van der Waals surface area contributed by atoms with E-state index in [0.29, 0.717) is 0 Å². The quantitative estimate of drug-likeness (QED) is 0.735. The number of rotatable bonds is 1. The monoisotopic (exact) mass is 388 g/mol. The summed E-state index contributed by atoms with van der Waals surface area (Å²) in [5.41, 5.74) is 0.738. The van der Waals surface area contributed by atoms with E-state index in [9.17, 15) is 4.79 Å². The summed E-state index contributed by atoms with van der Waals surface area (Å²) in [5.74, 6) is 0.0920. The average molecular weight is 390 g/mol. The zero-order valence-electron chi connectivity index (χ0n) is 11.4. The first-order valence-electron chi connectivity index (χ1n) is 6.27. The Morgan fingerprint density at radius 1 is 1.26 bits per heavy atom. The van der Waals surface area contributed by atoms with Crippen LogP contribution < -0.4 is 0 Å². The van der Waals surface area contributed by atoms with Gasteiger partial charge < -0.3 is 4.90 Å². The summed E-state index contributed by atoms with van der Waals surface area (Å²) in [7, 11) is 2.11. The predicted molar refractivity (Wildman–Crippen MR) is 84.5 cm³/mol. The second-order valence-electron chi connectivity index (χ2n) is 5.58. The Morgan fingerprint density at radius 3 is 2.58 bits per heavy atom. The largest absolute Gasteiger partial charge is 0.335 e. The lowest BCUT2D eigenvalue weighted by molar-refractivity contribution is 0.0310. The van der Waals surface area contributed by atoms with E-state index >= 15 is 0 Å². The molecular weight excluding hydrogens is 372 g/mol. The highest BCUT2D eigenvalue weighted by Crippen LogP contribution is 2.25. The number of hydrogen-bond donors (Lipinski definition) is 0. The fraction of sp³-hybridized carbons (Fsp3) is 0.500. The van der Waals surface area contributed by atoms with Crippen LogP contribution in [0.2, 0.25) is 0 Å². The highest BCUT2D eigenvalue weighted by atomic mass is 79.9. The average Bonchev–Trinajstić information content (AvgIpc) is 2.35. The summed E-state index contributed by atoms with van der Waals surface area (Å²) in [4.78, 5) is 16.9. The van der Waals surface area contributed by atoms with Crippen LogP contribution in [0.3, 0.4) is 0 Å². The van der Waals surface area contributed by atoms with Gasteiger partial charge in [-0.3, -0.25) is 9.69 Å². The Bertz CT molecular complexity index is 502. The van der Waals surface area contributed by atoms with E-state index in [1.165, 1.54) is 0 Å². The lowest BCUT2D eigenvalue weighted by Crippen LogP contribution is -2.58.